The highest BCUT2D eigenvalue weighted by Gasteiger charge is 2.10. The molecule has 0 aliphatic rings. The third kappa shape index (κ3) is 3.80. The molecule has 4 rings (SSSR count). The van der Waals surface area contributed by atoms with Crippen molar-refractivity contribution in [3.63, 3.8) is 0 Å². The van der Waals surface area contributed by atoms with Gasteiger partial charge in [-0.05, 0) is 60.7 Å². The summed E-state index contributed by atoms with van der Waals surface area (Å²) in [5.41, 5.74) is 1.68. The maximum absolute atomic E-state index is 13.0. The fourth-order valence-corrected chi connectivity index (χ4v) is 2.68. The lowest BCUT2D eigenvalue weighted by atomic mass is 10.2. The van der Waals surface area contributed by atoms with Gasteiger partial charge in [-0.1, -0.05) is 30.3 Å². The van der Waals surface area contributed by atoms with Crippen LogP contribution in [-0.2, 0) is 0 Å². The summed E-state index contributed by atoms with van der Waals surface area (Å²) in [6.45, 7) is 0. The number of furan rings is 2. The van der Waals surface area contributed by atoms with Crippen LogP contribution in [0.15, 0.2) is 93.8 Å². The topological polar surface area (TPSA) is 43.4 Å². The molecule has 0 amide bonds. The Morgan fingerprint density at radius 1 is 0.741 bits per heavy atom. The molecule has 0 radical (unpaired) electrons. The Balaban J connectivity index is 1.48. The van der Waals surface area contributed by atoms with Gasteiger partial charge >= 0.3 is 0 Å². The zero-order chi connectivity index (χ0) is 18.6. The first kappa shape index (κ1) is 16.8. The average Bonchev–Trinajstić information content (AvgIpc) is 3.37. The van der Waals surface area contributed by atoms with Crippen LogP contribution in [0.4, 0.5) is 4.39 Å². The number of ketones is 1. The molecule has 0 aliphatic heterocycles. The zero-order valence-electron chi connectivity index (χ0n) is 14.3. The number of hydrogen-bond acceptors (Lipinski definition) is 3. The average molecular weight is 358 g/mol. The highest BCUT2D eigenvalue weighted by molar-refractivity contribution is 6.05. The molecule has 0 saturated carbocycles. The Hall–Kier alpha value is -3.66. The van der Waals surface area contributed by atoms with Crippen LogP contribution >= 0.6 is 0 Å². The third-order valence-corrected chi connectivity index (χ3v) is 4.06. The highest BCUT2D eigenvalue weighted by atomic mass is 19.1. The number of halogens is 1. The minimum absolute atomic E-state index is 0.209. The molecule has 4 heteroatoms. The van der Waals surface area contributed by atoms with Crippen molar-refractivity contribution in [1.82, 2.24) is 0 Å². The maximum Gasteiger partial charge on any atom is 0.221 e. The van der Waals surface area contributed by atoms with Gasteiger partial charge < -0.3 is 8.83 Å². The first-order valence-electron chi connectivity index (χ1n) is 8.42. The van der Waals surface area contributed by atoms with E-state index in [9.17, 15) is 9.18 Å². The Kier molecular flexibility index (Phi) is 4.54. The SMILES string of the molecule is O=C(/C=C/c1ccc(-c2ccccc2)o1)c1ccc(-c2ccc(F)cc2)o1. The Morgan fingerprint density at radius 2 is 1.41 bits per heavy atom. The number of hydrogen-bond donors (Lipinski definition) is 0. The Morgan fingerprint density at radius 3 is 2.19 bits per heavy atom. The lowest BCUT2D eigenvalue weighted by molar-refractivity contribution is 0.102. The predicted molar refractivity (Wildman–Crippen MR) is 102 cm³/mol. The van der Waals surface area contributed by atoms with Crippen molar-refractivity contribution in [2.24, 2.45) is 0 Å². The fraction of sp³-hybridized carbons (Fsp3) is 0. The van der Waals surface area contributed by atoms with E-state index in [1.54, 1.807) is 36.4 Å². The summed E-state index contributed by atoms with van der Waals surface area (Å²) in [6.07, 6.45) is 3.01. The molecule has 0 saturated heterocycles. The van der Waals surface area contributed by atoms with E-state index in [-0.39, 0.29) is 17.4 Å². The summed E-state index contributed by atoms with van der Waals surface area (Å²) in [4.78, 5) is 12.3. The summed E-state index contributed by atoms with van der Waals surface area (Å²) in [6, 6.07) is 22.6. The van der Waals surface area contributed by atoms with E-state index in [1.165, 1.54) is 18.2 Å². The van der Waals surface area contributed by atoms with Gasteiger partial charge in [0.2, 0.25) is 5.78 Å². The molecular weight excluding hydrogens is 343 g/mol. The maximum atomic E-state index is 13.0. The summed E-state index contributed by atoms with van der Waals surface area (Å²) < 4.78 is 24.3. The molecule has 0 aliphatic carbocycles. The van der Waals surface area contributed by atoms with Crippen molar-refractivity contribution < 1.29 is 18.0 Å². The predicted octanol–water partition coefficient (Wildman–Crippen LogP) is 6.24. The van der Waals surface area contributed by atoms with E-state index in [2.05, 4.69) is 0 Å². The second kappa shape index (κ2) is 7.30. The van der Waals surface area contributed by atoms with Crippen LogP contribution in [0.1, 0.15) is 16.3 Å². The monoisotopic (exact) mass is 358 g/mol. The van der Waals surface area contributed by atoms with Gasteiger partial charge in [0.05, 0.1) is 0 Å². The van der Waals surface area contributed by atoms with Gasteiger partial charge in [-0.25, -0.2) is 4.39 Å². The van der Waals surface area contributed by atoms with Crippen LogP contribution in [0.2, 0.25) is 0 Å². The van der Waals surface area contributed by atoms with Gasteiger partial charge in [0.1, 0.15) is 23.1 Å². The highest BCUT2D eigenvalue weighted by Crippen LogP contribution is 2.24. The summed E-state index contributed by atoms with van der Waals surface area (Å²) in [5, 5.41) is 0. The van der Waals surface area contributed by atoms with Crippen molar-refractivity contribution >= 4 is 11.9 Å². The molecule has 4 aromatic rings. The van der Waals surface area contributed by atoms with Gasteiger partial charge in [0, 0.05) is 11.1 Å². The number of allylic oxidation sites excluding steroid dienone is 1. The Labute approximate surface area is 155 Å². The quantitative estimate of drug-likeness (QED) is 0.313. The molecule has 27 heavy (non-hydrogen) atoms. The first-order chi connectivity index (χ1) is 13.2. The van der Waals surface area contributed by atoms with E-state index < -0.39 is 0 Å². The van der Waals surface area contributed by atoms with Crippen molar-refractivity contribution in [1.29, 1.82) is 0 Å². The van der Waals surface area contributed by atoms with E-state index >= 15 is 0 Å². The van der Waals surface area contributed by atoms with Gasteiger partial charge in [0.15, 0.2) is 5.76 Å². The molecule has 0 fully saturated rings. The van der Waals surface area contributed by atoms with Crippen molar-refractivity contribution in [2.45, 2.75) is 0 Å². The standard InChI is InChI=1S/C23H15FO3/c24-18-8-6-17(7-9-18)22-14-15-23(27-22)20(25)12-10-19-11-13-21(26-19)16-4-2-1-3-5-16/h1-15H/b12-10+. The lowest BCUT2D eigenvalue weighted by Crippen LogP contribution is -1.90. The van der Waals surface area contributed by atoms with Crippen molar-refractivity contribution in [2.75, 3.05) is 0 Å². The largest absolute Gasteiger partial charge is 0.457 e. The minimum Gasteiger partial charge on any atom is -0.457 e. The van der Waals surface area contributed by atoms with Crippen LogP contribution in [0, 0.1) is 5.82 Å². The smallest absolute Gasteiger partial charge is 0.221 e. The second-order valence-corrected chi connectivity index (χ2v) is 5.94. The molecule has 0 spiro atoms. The van der Waals surface area contributed by atoms with E-state index in [1.807, 2.05) is 36.4 Å². The second-order valence-electron chi connectivity index (χ2n) is 5.94. The van der Waals surface area contributed by atoms with E-state index in [0.29, 0.717) is 17.1 Å². The van der Waals surface area contributed by atoms with Crippen LogP contribution in [0.25, 0.3) is 28.7 Å². The first-order valence-corrected chi connectivity index (χ1v) is 8.42. The lowest BCUT2D eigenvalue weighted by Gasteiger charge is -1.96. The van der Waals surface area contributed by atoms with Gasteiger partial charge in [-0.15, -0.1) is 0 Å². The molecule has 2 aromatic heterocycles. The number of benzene rings is 2. The third-order valence-electron chi connectivity index (χ3n) is 4.06. The number of carbonyl (C=O) groups is 1. The molecular formula is C23H15FO3. The van der Waals surface area contributed by atoms with Gasteiger partial charge in [-0.3, -0.25) is 4.79 Å². The molecule has 0 atom stereocenters. The minimum atomic E-state index is -0.321. The molecule has 0 unspecified atom stereocenters. The zero-order valence-corrected chi connectivity index (χ0v) is 14.3. The normalized spacial score (nSPS) is 11.1. The Bertz CT molecular complexity index is 1090. The molecule has 0 bridgehead atoms. The molecule has 3 nitrogen and oxygen atoms in total. The summed E-state index contributed by atoms with van der Waals surface area (Å²) in [7, 11) is 0. The van der Waals surface area contributed by atoms with Crippen LogP contribution in [0.3, 0.4) is 0 Å². The van der Waals surface area contributed by atoms with Crippen LogP contribution < -0.4 is 0 Å². The summed E-state index contributed by atoms with van der Waals surface area (Å²) >= 11 is 0. The van der Waals surface area contributed by atoms with Gasteiger partial charge in [0.25, 0.3) is 0 Å². The van der Waals surface area contributed by atoms with Crippen molar-refractivity contribution in [3.8, 4) is 22.6 Å². The molecule has 2 aromatic carbocycles. The number of carbonyl (C=O) groups excluding carboxylic acids is 1. The van der Waals surface area contributed by atoms with Crippen molar-refractivity contribution in [3.05, 3.63) is 102 Å². The molecule has 0 N–H and O–H groups in total. The summed E-state index contributed by atoms with van der Waals surface area (Å²) in [5.74, 6) is 1.43. The van der Waals surface area contributed by atoms with Crippen LogP contribution in [0.5, 0.6) is 0 Å². The van der Waals surface area contributed by atoms with Crippen LogP contribution in [-0.4, -0.2) is 5.78 Å². The van der Waals surface area contributed by atoms with E-state index in [4.69, 9.17) is 8.83 Å². The fourth-order valence-electron chi connectivity index (χ4n) is 2.68. The number of rotatable bonds is 5. The molecule has 132 valence electrons. The molecule has 2 heterocycles. The van der Waals surface area contributed by atoms with Gasteiger partial charge in [-0.2, -0.15) is 0 Å². The van der Waals surface area contributed by atoms with E-state index in [0.717, 1.165) is 11.3 Å².